The predicted octanol–water partition coefficient (Wildman–Crippen LogP) is 3.70. The molecule has 4 nitrogen and oxygen atoms in total. The lowest BCUT2D eigenvalue weighted by molar-refractivity contribution is -0.131. The van der Waals surface area contributed by atoms with Crippen LogP contribution in [-0.4, -0.2) is 23.7 Å². The molecule has 0 N–H and O–H groups in total. The second-order valence-corrected chi connectivity index (χ2v) is 6.52. The van der Waals surface area contributed by atoms with E-state index < -0.39 is 0 Å². The molecule has 1 aliphatic carbocycles. The third kappa shape index (κ3) is 2.60. The van der Waals surface area contributed by atoms with Crippen molar-refractivity contribution in [2.75, 3.05) is 7.11 Å². The first kappa shape index (κ1) is 15.8. The zero-order valence-electron chi connectivity index (χ0n) is 14.2. The van der Waals surface area contributed by atoms with Crippen LogP contribution in [0.1, 0.15) is 36.1 Å². The zero-order chi connectivity index (χ0) is 17.6. The molecule has 0 saturated carbocycles. The quantitative estimate of drug-likeness (QED) is 0.838. The topological polar surface area (TPSA) is 41.9 Å². The number of benzene rings is 2. The molecule has 2 atom stereocenters. The van der Waals surface area contributed by atoms with Crippen LogP contribution in [0.25, 0.3) is 0 Å². The van der Waals surface area contributed by atoms with Crippen molar-refractivity contribution in [3.63, 3.8) is 0 Å². The lowest BCUT2D eigenvalue weighted by Gasteiger charge is -2.29. The number of ether oxygens (including phenoxy) is 1. The number of fused-ring (bicyclic) bond motifs is 3. The van der Waals surface area contributed by atoms with Crippen LogP contribution in [0.2, 0.25) is 0 Å². The monoisotopic (exact) mass is 338 g/mol. The van der Waals surface area contributed by atoms with Crippen LogP contribution in [0.3, 0.4) is 0 Å². The van der Waals surface area contributed by atoms with Crippen molar-refractivity contribution >= 4 is 11.6 Å². The number of nitrogens with zero attached hydrogens (tertiary/aromatic N) is 2. The number of methoxy groups -OCH3 is 1. The molecule has 128 valence electrons. The maximum atomic E-state index is 13.8. The average Bonchev–Trinajstić information content (AvgIpc) is 3.01. The van der Waals surface area contributed by atoms with Crippen LogP contribution in [0.4, 0.5) is 4.39 Å². The molecule has 0 saturated heterocycles. The fourth-order valence-corrected chi connectivity index (χ4v) is 3.90. The second kappa shape index (κ2) is 5.99. The summed E-state index contributed by atoms with van der Waals surface area (Å²) < 4.78 is 19.1. The van der Waals surface area contributed by atoms with E-state index >= 15 is 0 Å². The van der Waals surface area contributed by atoms with Crippen molar-refractivity contribution in [1.29, 1.82) is 0 Å². The highest BCUT2D eigenvalue weighted by Crippen LogP contribution is 2.44. The van der Waals surface area contributed by atoms with Gasteiger partial charge >= 0.3 is 0 Å². The van der Waals surface area contributed by atoms with E-state index in [1.165, 1.54) is 29.6 Å². The van der Waals surface area contributed by atoms with Gasteiger partial charge in [0.2, 0.25) is 5.91 Å². The summed E-state index contributed by atoms with van der Waals surface area (Å²) in [6.45, 7) is 1.50. The van der Waals surface area contributed by atoms with Crippen LogP contribution in [-0.2, 0) is 11.2 Å². The van der Waals surface area contributed by atoms with Crippen molar-refractivity contribution in [2.24, 2.45) is 11.0 Å². The highest BCUT2D eigenvalue weighted by atomic mass is 19.1. The molecule has 2 aromatic rings. The van der Waals surface area contributed by atoms with Crippen LogP contribution in [0.15, 0.2) is 47.6 Å². The van der Waals surface area contributed by atoms with Gasteiger partial charge in [-0.05, 0) is 48.2 Å². The molecule has 1 heterocycles. The third-order valence-electron chi connectivity index (χ3n) is 5.04. The Balaban J connectivity index is 1.82. The Bertz CT molecular complexity index is 878. The predicted molar refractivity (Wildman–Crippen MR) is 93.0 cm³/mol. The first-order chi connectivity index (χ1) is 12.1. The summed E-state index contributed by atoms with van der Waals surface area (Å²) in [6.07, 6.45) is 1.78. The SMILES string of the molecule is COc1ccc2c(c1)C1=NN(C(C)=O)[C@H](c3cccc(F)c3)[C@H]1CC2. The van der Waals surface area contributed by atoms with Gasteiger partial charge < -0.3 is 4.74 Å². The number of hydrogen-bond donors (Lipinski definition) is 0. The highest BCUT2D eigenvalue weighted by Gasteiger charge is 2.43. The normalized spacial score (nSPS) is 21.4. The lowest BCUT2D eigenvalue weighted by atomic mass is 9.77. The molecule has 0 spiro atoms. The number of carbonyl (C=O) groups excluding carboxylic acids is 1. The summed E-state index contributed by atoms with van der Waals surface area (Å²) in [4.78, 5) is 12.2. The van der Waals surface area contributed by atoms with Gasteiger partial charge in [-0.25, -0.2) is 9.40 Å². The Morgan fingerprint density at radius 1 is 1.28 bits per heavy atom. The van der Waals surface area contributed by atoms with E-state index in [1.54, 1.807) is 13.2 Å². The van der Waals surface area contributed by atoms with Crippen molar-refractivity contribution < 1.29 is 13.9 Å². The van der Waals surface area contributed by atoms with Crippen molar-refractivity contribution in [1.82, 2.24) is 5.01 Å². The van der Waals surface area contributed by atoms with Gasteiger partial charge in [-0.2, -0.15) is 5.10 Å². The van der Waals surface area contributed by atoms with Gasteiger partial charge in [0.25, 0.3) is 0 Å². The molecular weight excluding hydrogens is 319 g/mol. The van der Waals surface area contributed by atoms with Gasteiger partial charge in [-0.15, -0.1) is 0 Å². The summed E-state index contributed by atoms with van der Waals surface area (Å²) in [5.74, 6) is 0.393. The summed E-state index contributed by atoms with van der Waals surface area (Å²) >= 11 is 0. The molecule has 0 unspecified atom stereocenters. The molecular formula is C20H19FN2O2. The lowest BCUT2D eigenvalue weighted by Crippen LogP contribution is -2.31. The summed E-state index contributed by atoms with van der Waals surface area (Å²) in [5, 5.41) is 6.14. The molecule has 0 bridgehead atoms. The van der Waals surface area contributed by atoms with Crippen molar-refractivity contribution in [3.8, 4) is 5.75 Å². The van der Waals surface area contributed by atoms with E-state index in [4.69, 9.17) is 4.74 Å². The van der Waals surface area contributed by atoms with E-state index in [1.807, 2.05) is 18.2 Å². The Labute approximate surface area is 145 Å². The zero-order valence-corrected chi connectivity index (χ0v) is 14.2. The third-order valence-corrected chi connectivity index (χ3v) is 5.04. The molecule has 25 heavy (non-hydrogen) atoms. The van der Waals surface area contributed by atoms with Gasteiger partial charge in [-0.1, -0.05) is 18.2 Å². The summed E-state index contributed by atoms with van der Waals surface area (Å²) in [7, 11) is 1.63. The molecule has 2 aromatic carbocycles. The molecule has 0 fully saturated rings. The molecule has 0 radical (unpaired) electrons. The number of carbonyl (C=O) groups is 1. The van der Waals surface area contributed by atoms with Gasteiger partial charge in [-0.3, -0.25) is 4.79 Å². The van der Waals surface area contributed by atoms with Crippen molar-refractivity contribution in [3.05, 3.63) is 65.0 Å². The van der Waals surface area contributed by atoms with E-state index in [-0.39, 0.29) is 23.7 Å². The minimum Gasteiger partial charge on any atom is -0.497 e. The first-order valence-electron chi connectivity index (χ1n) is 8.39. The van der Waals surface area contributed by atoms with Gasteiger partial charge in [0, 0.05) is 18.4 Å². The smallest absolute Gasteiger partial charge is 0.240 e. The number of hydrogen-bond acceptors (Lipinski definition) is 3. The minimum atomic E-state index is -0.299. The van der Waals surface area contributed by atoms with Crippen LogP contribution in [0, 0.1) is 11.7 Å². The fourth-order valence-electron chi connectivity index (χ4n) is 3.90. The largest absolute Gasteiger partial charge is 0.497 e. The maximum absolute atomic E-state index is 13.8. The van der Waals surface area contributed by atoms with Crippen LogP contribution < -0.4 is 4.74 Å². The van der Waals surface area contributed by atoms with E-state index in [0.29, 0.717) is 0 Å². The van der Waals surface area contributed by atoms with Crippen molar-refractivity contribution in [2.45, 2.75) is 25.8 Å². The Hall–Kier alpha value is -2.69. The molecule has 4 rings (SSSR count). The fraction of sp³-hybridized carbons (Fsp3) is 0.300. The molecule has 0 aromatic heterocycles. The van der Waals surface area contributed by atoms with Gasteiger partial charge in [0.1, 0.15) is 11.6 Å². The average molecular weight is 338 g/mol. The summed E-state index contributed by atoms with van der Waals surface area (Å²) in [5.41, 5.74) is 3.91. The number of halogens is 1. The van der Waals surface area contributed by atoms with Gasteiger partial charge in [0.05, 0.1) is 18.9 Å². The first-order valence-corrected chi connectivity index (χ1v) is 8.39. The Morgan fingerprint density at radius 3 is 2.84 bits per heavy atom. The van der Waals surface area contributed by atoms with E-state index in [0.717, 1.165) is 35.4 Å². The van der Waals surface area contributed by atoms with E-state index in [9.17, 15) is 9.18 Å². The van der Waals surface area contributed by atoms with Crippen LogP contribution >= 0.6 is 0 Å². The molecule has 1 amide bonds. The Kier molecular flexibility index (Phi) is 3.79. The number of rotatable bonds is 2. The number of amides is 1. The molecule has 1 aliphatic heterocycles. The standard InChI is InChI=1S/C20H19FN2O2/c1-12(24)23-20(14-4-3-5-15(21)10-14)17-9-7-13-6-8-16(25-2)11-18(13)19(17)22-23/h3-6,8,10-11,17,20H,7,9H2,1-2H3/t17-,20+/m0/s1. The Morgan fingerprint density at radius 2 is 2.12 bits per heavy atom. The number of hydrazone groups is 1. The van der Waals surface area contributed by atoms with Gasteiger partial charge in [0.15, 0.2) is 0 Å². The highest BCUT2D eigenvalue weighted by molar-refractivity contribution is 6.07. The van der Waals surface area contributed by atoms with Crippen LogP contribution in [0.5, 0.6) is 5.75 Å². The molecule has 5 heteroatoms. The maximum Gasteiger partial charge on any atom is 0.240 e. The van der Waals surface area contributed by atoms with E-state index in [2.05, 4.69) is 11.2 Å². The second-order valence-electron chi connectivity index (χ2n) is 6.52. The molecule has 2 aliphatic rings. The minimum absolute atomic E-state index is 0.0605. The number of aryl methyl sites for hydroxylation is 1. The summed E-state index contributed by atoms with van der Waals surface area (Å²) in [6, 6.07) is 12.2.